The van der Waals surface area contributed by atoms with Crippen LogP contribution in [0, 0.1) is 0 Å². The monoisotopic (exact) mass is 276 g/mol. The molecule has 1 aliphatic carbocycles. The van der Waals surface area contributed by atoms with E-state index in [2.05, 4.69) is 54.6 Å². The van der Waals surface area contributed by atoms with Crippen LogP contribution in [0.2, 0.25) is 0 Å². The van der Waals surface area contributed by atoms with Crippen LogP contribution in [-0.4, -0.2) is 5.11 Å². The number of aliphatic hydroxyl groups excluding tert-OH is 1. The van der Waals surface area contributed by atoms with E-state index in [4.69, 9.17) is 0 Å². The number of allylic oxidation sites excluding steroid dienone is 2. The van der Waals surface area contributed by atoms with Crippen LogP contribution in [0.1, 0.15) is 37.0 Å². The lowest BCUT2D eigenvalue weighted by Crippen LogP contribution is -2.27. The van der Waals surface area contributed by atoms with E-state index >= 15 is 0 Å². The van der Waals surface area contributed by atoms with Gasteiger partial charge in [0.1, 0.15) is 0 Å². The lowest BCUT2D eigenvalue weighted by molar-refractivity contribution is 0.199. The largest absolute Gasteiger partial charge is 0.389 e. The highest BCUT2D eigenvalue weighted by molar-refractivity contribution is 5.67. The van der Waals surface area contributed by atoms with Gasteiger partial charge < -0.3 is 5.11 Å². The summed E-state index contributed by atoms with van der Waals surface area (Å²) in [6, 6.07) is 16.8. The Kier molecular flexibility index (Phi) is 4.03. The molecule has 2 aromatic rings. The highest BCUT2D eigenvalue weighted by Gasteiger charge is 2.06. The molecule has 0 aromatic heterocycles. The molecule has 0 saturated heterocycles. The molecular formula is C20H20O. The van der Waals surface area contributed by atoms with Crippen molar-refractivity contribution in [3.8, 4) is 0 Å². The van der Waals surface area contributed by atoms with E-state index in [1.54, 1.807) is 6.92 Å². The van der Waals surface area contributed by atoms with Crippen LogP contribution in [0.15, 0.2) is 60.7 Å². The number of rotatable bonds is 2. The first-order valence-corrected chi connectivity index (χ1v) is 7.49. The quantitative estimate of drug-likeness (QED) is 0.894. The lowest BCUT2D eigenvalue weighted by atomic mass is 9.95. The van der Waals surface area contributed by atoms with Crippen LogP contribution in [0.25, 0.3) is 11.6 Å². The molecule has 0 bridgehead atoms. The van der Waals surface area contributed by atoms with E-state index in [0.717, 1.165) is 18.4 Å². The fourth-order valence-corrected chi connectivity index (χ4v) is 2.81. The summed E-state index contributed by atoms with van der Waals surface area (Å²) < 4.78 is 0. The summed E-state index contributed by atoms with van der Waals surface area (Å²) >= 11 is 0. The third-order valence-corrected chi connectivity index (χ3v) is 4.00. The molecule has 1 heteroatoms. The maximum Gasteiger partial charge on any atom is 0.0761 e. The Morgan fingerprint density at radius 2 is 1.76 bits per heavy atom. The second-order valence-electron chi connectivity index (χ2n) is 5.50. The molecule has 1 aliphatic rings. The highest BCUT2D eigenvalue weighted by atomic mass is 16.3. The average molecular weight is 276 g/mol. The fourth-order valence-electron chi connectivity index (χ4n) is 2.81. The van der Waals surface area contributed by atoms with Crippen LogP contribution < -0.4 is 10.4 Å². The normalized spacial score (nSPS) is 15.6. The summed E-state index contributed by atoms with van der Waals surface area (Å²) in [5.41, 5.74) is 3.59. The maximum absolute atomic E-state index is 9.64. The molecule has 3 rings (SSSR count). The third-order valence-electron chi connectivity index (χ3n) is 4.00. The molecule has 0 heterocycles. The molecule has 1 N–H and O–H groups in total. The summed E-state index contributed by atoms with van der Waals surface area (Å²) in [4.78, 5) is 0. The van der Waals surface area contributed by atoms with Gasteiger partial charge in [-0.05, 0) is 46.9 Å². The number of hydrogen-bond donors (Lipinski definition) is 1. The van der Waals surface area contributed by atoms with Gasteiger partial charge >= 0.3 is 0 Å². The van der Waals surface area contributed by atoms with E-state index in [1.165, 1.54) is 21.6 Å². The van der Waals surface area contributed by atoms with Crippen LogP contribution in [0.3, 0.4) is 0 Å². The van der Waals surface area contributed by atoms with Gasteiger partial charge in [0.15, 0.2) is 0 Å². The predicted octanol–water partition coefficient (Wildman–Crippen LogP) is 3.07. The molecule has 2 aromatic carbocycles. The predicted molar refractivity (Wildman–Crippen MR) is 88.1 cm³/mol. The number of aliphatic hydroxyl groups is 1. The first-order chi connectivity index (χ1) is 10.3. The Bertz CT molecular complexity index is 764. The Hall–Kier alpha value is -2.12. The minimum atomic E-state index is -0.412. The van der Waals surface area contributed by atoms with E-state index < -0.39 is 6.10 Å². The minimum Gasteiger partial charge on any atom is -0.389 e. The molecule has 106 valence electrons. The van der Waals surface area contributed by atoms with Crippen molar-refractivity contribution in [3.63, 3.8) is 0 Å². The molecule has 1 nitrogen and oxygen atoms in total. The van der Waals surface area contributed by atoms with Crippen LogP contribution >= 0.6 is 0 Å². The van der Waals surface area contributed by atoms with Gasteiger partial charge in [-0.3, -0.25) is 0 Å². The number of fused-ring (bicyclic) bond motifs is 1. The molecular weight excluding hydrogens is 256 g/mol. The summed E-state index contributed by atoms with van der Waals surface area (Å²) in [5, 5.41) is 12.2. The van der Waals surface area contributed by atoms with Gasteiger partial charge in [0.2, 0.25) is 0 Å². The Morgan fingerprint density at radius 3 is 2.52 bits per heavy atom. The average Bonchev–Trinajstić information content (AvgIpc) is 2.48. The Labute approximate surface area is 125 Å². The molecule has 1 unspecified atom stereocenters. The van der Waals surface area contributed by atoms with E-state index in [1.807, 2.05) is 12.1 Å². The topological polar surface area (TPSA) is 20.2 Å². The maximum atomic E-state index is 9.64. The third kappa shape index (κ3) is 2.98. The van der Waals surface area contributed by atoms with Gasteiger partial charge in [-0.2, -0.15) is 0 Å². The zero-order valence-electron chi connectivity index (χ0n) is 12.3. The van der Waals surface area contributed by atoms with Gasteiger partial charge in [-0.15, -0.1) is 0 Å². The smallest absolute Gasteiger partial charge is 0.0761 e. The van der Waals surface area contributed by atoms with Crippen molar-refractivity contribution in [1.29, 1.82) is 0 Å². The van der Waals surface area contributed by atoms with Crippen molar-refractivity contribution in [1.82, 2.24) is 0 Å². The van der Waals surface area contributed by atoms with Crippen LogP contribution in [0.4, 0.5) is 0 Å². The molecule has 0 fully saturated rings. The van der Waals surface area contributed by atoms with Crippen molar-refractivity contribution < 1.29 is 5.11 Å². The summed E-state index contributed by atoms with van der Waals surface area (Å²) in [6.07, 6.45) is 8.23. The van der Waals surface area contributed by atoms with Crippen molar-refractivity contribution in [2.75, 3.05) is 0 Å². The molecule has 0 radical (unpaired) electrons. The Morgan fingerprint density at radius 1 is 1.00 bits per heavy atom. The molecule has 21 heavy (non-hydrogen) atoms. The molecule has 0 saturated carbocycles. The minimum absolute atomic E-state index is 0.412. The van der Waals surface area contributed by atoms with Gasteiger partial charge in [-0.25, -0.2) is 0 Å². The van der Waals surface area contributed by atoms with E-state index in [9.17, 15) is 5.11 Å². The van der Waals surface area contributed by atoms with E-state index in [-0.39, 0.29) is 0 Å². The SMILES string of the molecule is CC(O)c1ccc(C2=c3ccccc3=CC=CCC2)cc1. The second kappa shape index (κ2) is 6.11. The van der Waals surface area contributed by atoms with Crippen molar-refractivity contribution in [3.05, 3.63) is 82.2 Å². The molecule has 0 amide bonds. The van der Waals surface area contributed by atoms with Gasteiger partial charge in [0.25, 0.3) is 0 Å². The summed E-state index contributed by atoms with van der Waals surface area (Å²) in [6.45, 7) is 1.80. The van der Waals surface area contributed by atoms with Crippen LogP contribution in [0.5, 0.6) is 0 Å². The standard InChI is InChI=1S/C20H20O/c1-15(21)16-11-13-18(14-12-16)20-9-4-2-3-7-17-8-5-6-10-19(17)20/h2-3,5-8,10-15,21H,4,9H2,1H3. The van der Waals surface area contributed by atoms with E-state index in [0.29, 0.717) is 0 Å². The van der Waals surface area contributed by atoms with Crippen molar-refractivity contribution in [2.45, 2.75) is 25.9 Å². The van der Waals surface area contributed by atoms with Crippen molar-refractivity contribution >= 4 is 11.6 Å². The molecule has 0 spiro atoms. The first-order valence-electron chi connectivity index (χ1n) is 7.49. The van der Waals surface area contributed by atoms with Gasteiger partial charge in [-0.1, -0.05) is 66.8 Å². The summed E-state index contributed by atoms with van der Waals surface area (Å²) in [7, 11) is 0. The fraction of sp³-hybridized carbons (Fsp3) is 0.200. The number of benzene rings is 2. The van der Waals surface area contributed by atoms with Crippen molar-refractivity contribution in [2.24, 2.45) is 0 Å². The Balaban J connectivity index is 2.19. The highest BCUT2D eigenvalue weighted by Crippen LogP contribution is 2.20. The zero-order chi connectivity index (χ0) is 14.7. The van der Waals surface area contributed by atoms with Gasteiger partial charge in [0, 0.05) is 0 Å². The molecule has 0 aliphatic heterocycles. The number of hydrogen-bond acceptors (Lipinski definition) is 1. The summed E-state index contributed by atoms with van der Waals surface area (Å²) in [5.74, 6) is 0. The molecule has 1 atom stereocenters. The first kappa shape index (κ1) is 13.8. The second-order valence-corrected chi connectivity index (χ2v) is 5.50. The van der Waals surface area contributed by atoms with Crippen LogP contribution in [-0.2, 0) is 0 Å². The van der Waals surface area contributed by atoms with Gasteiger partial charge in [0.05, 0.1) is 6.10 Å². The zero-order valence-corrected chi connectivity index (χ0v) is 12.3. The lowest BCUT2D eigenvalue weighted by Gasteiger charge is -2.11.